The molecule has 0 fully saturated rings. The highest BCUT2D eigenvalue weighted by molar-refractivity contribution is 5.81. The molecule has 0 amide bonds. The minimum atomic E-state index is 0.583. The molecule has 0 atom stereocenters. The molecule has 0 spiro atoms. The van der Waals surface area contributed by atoms with Gasteiger partial charge in [-0.2, -0.15) is 0 Å². The first-order valence-corrected chi connectivity index (χ1v) is 6.72. The standard InChI is InChI=1S/C15H16N6/c16-21-14-9-13(19-10-20-14)17-8-6-12-4-1-3-11-5-2-7-18-15(11)12/h1-5,7,9-10H,6,8,16H2,(H2,17,19,20,21). The van der Waals surface area contributed by atoms with E-state index in [0.29, 0.717) is 5.82 Å². The highest BCUT2D eigenvalue weighted by Crippen LogP contribution is 2.16. The zero-order valence-electron chi connectivity index (χ0n) is 11.5. The van der Waals surface area contributed by atoms with Crippen LogP contribution in [0.1, 0.15) is 5.56 Å². The molecule has 0 aliphatic heterocycles. The summed E-state index contributed by atoms with van der Waals surface area (Å²) in [5.74, 6) is 6.65. The van der Waals surface area contributed by atoms with E-state index in [1.54, 1.807) is 6.07 Å². The Morgan fingerprint density at radius 2 is 1.86 bits per heavy atom. The molecular weight excluding hydrogens is 264 g/mol. The van der Waals surface area contributed by atoms with Crippen LogP contribution in [0.3, 0.4) is 0 Å². The van der Waals surface area contributed by atoms with Crippen LogP contribution in [0.15, 0.2) is 48.9 Å². The third kappa shape index (κ3) is 3.06. The molecule has 0 aliphatic carbocycles. The lowest BCUT2D eigenvalue weighted by Crippen LogP contribution is -2.11. The fraction of sp³-hybridized carbons (Fsp3) is 0.133. The Hall–Kier alpha value is -2.73. The van der Waals surface area contributed by atoms with Crippen LogP contribution in [-0.4, -0.2) is 21.5 Å². The highest BCUT2D eigenvalue weighted by Gasteiger charge is 2.02. The van der Waals surface area contributed by atoms with E-state index in [0.717, 1.165) is 29.7 Å². The number of nitrogens with one attached hydrogen (secondary N) is 2. The predicted molar refractivity (Wildman–Crippen MR) is 83.8 cm³/mol. The first kappa shape index (κ1) is 13.3. The van der Waals surface area contributed by atoms with Crippen molar-refractivity contribution < 1.29 is 0 Å². The third-order valence-electron chi connectivity index (χ3n) is 3.23. The summed E-state index contributed by atoms with van der Waals surface area (Å²) in [7, 11) is 0. The first-order chi connectivity index (χ1) is 10.4. The number of hydrogen-bond acceptors (Lipinski definition) is 6. The summed E-state index contributed by atoms with van der Waals surface area (Å²) in [5.41, 5.74) is 4.76. The number of pyridine rings is 1. The number of nitrogens with two attached hydrogens (primary N) is 1. The minimum absolute atomic E-state index is 0.583. The van der Waals surface area contributed by atoms with Gasteiger partial charge in [-0.3, -0.25) is 4.98 Å². The Labute approximate surface area is 122 Å². The maximum Gasteiger partial charge on any atom is 0.145 e. The van der Waals surface area contributed by atoms with Crippen molar-refractivity contribution in [2.45, 2.75) is 6.42 Å². The molecule has 0 aliphatic rings. The van der Waals surface area contributed by atoms with E-state index < -0.39 is 0 Å². The van der Waals surface area contributed by atoms with Gasteiger partial charge in [0.1, 0.15) is 18.0 Å². The molecular formula is C15H16N6. The lowest BCUT2D eigenvalue weighted by Gasteiger charge is -2.08. The number of para-hydroxylation sites is 1. The molecule has 0 bridgehead atoms. The molecule has 0 saturated heterocycles. The Kier molecular flexibility index (Phi) is 3.88. The number of nitrogen functional groups attached to an aromatic ring is 1. The van der Waals surface area contributed by atoms with Crippen molar-refractivity contribution >= 4 is 22.5 Å². The van der Waals surface area contributed by atoms with Gasteiger partial charge in [0.15, 0.2) is 0 Å². The maximum atomic E-state index is 5.32. The summed E-state index contributed by atoms with van der Waals surface area (Å²) in [6.07, 6.45) is 4.16. The quantitative estimate of drug-likeness (QED) is 0.489. The number of rotatable bonds is 5. The summed E-state index contributed by atoms with van der Waals surface area (Å²) >= 11 is 0. The first-order valence-electron chi connectivity index (χ1n) is 6.72. The third-order valence-corrected chi connectivity index (χ3v) is 3.23. The van der Waals surface area contributed by atoms with Gasteiger partial charge in [-0.15, -0.1) is 0 Å². The average Bonchev–Trinajstić information content (AvgIpc) is 2.55. The Morgan fingerprint density at radius 3 is 2.76 bits per heavy atom. The summed E-state index contributed by atoms with van der Waals surface area (Å²) in [6.45, 7) is 0.761. The summed E-state index contributed by atoms with van der Waals surface area (Å²) in [6, 6.07) is 12.0. The second-order valence-electron chi connectivity index (χ2n) is 4.60. The summed E-state index contributed by atoms with van der Waals surface area (Å²) in [5, 5.41) is 4.42. The molecule has 21 heavy (non-hydrogen) atoms. The van der Waals surface area contributed by atoms with Gasteiger partial charge in [-0.1, -0.05) is 24.3 Å². The van der Waals surface area contributed by atoms with E-state index in [1.807, 2.05) is 12.3 Å². The fourth-order valence-corrected chi connectivity index (χ4v) is 2.23. The second kappa shape index (κ2) is 6.15. The topological polar surface area (TPSA) is 88.8 Å². The molecule has 2 aromatic heterocycles. The Balaban J connectivity index is 1.69. The molecule has 6 nitrogen and oxygen atoms in total. The van der Waals surface area contributed by atoms with Crippen LogP contribution in [0, 0.1) is 0 Å². The van der Waals surface area contributed by atoms with Crippen LogP contribution in [0.4, 0.5) is 11.6 Å². The van der Waals surface area contributed by atoms with Crippen LogP contribution in [-0.2, 0) is 6.42 Å². The molecule has 4 N–H and O–H groups in total. The van der Waals surface area contributed by atoms with E-state index in [2.05, 4.69) is 50.0 Å². The van der Waals surface area contributed by atoms with Crippen LogP contribution in [0.2, 0.25) is 0 Å². The fourth-order valence-electron chi connectivity index (χ4n) is 2.23. The van der Waals surface area contributed by atoms with Gasteiger partial charge >= 0.3 is 0 Å². The number of nitrogens with zero attached hydrogens (tertiary/aromatic N) is 3. The molecule has 1 aromatic carbocycles. The zero-order chi connectivity index (χ0) is 14.5. The molecule has 6 heteroatoms. The van der Waals surface area contributed by atoms with Crippen molar-refractivity contribution in [2.24, 2.45) is 5.84 Å². The molecule has 0 saturated carbocycles. The van der Waals surface area contributed by atoms with Gasteiger partial charge in [0.25, 0.3) is 0 Å². The largest absolute Gasteiger partial charge is 0.370 e. The van der Waals surface area contributed by atoms with E-state index in [1.165, 1.54) is 11.9 Å². The Morgan fingerprint density at radius 1 is 1.00 bits per heavy atom. The summed E-state index contributed by atoms with van der Waals surface area (Å²) in [4.78, 5) is 12.6. The van der Waals surface area contributed by atoms with Crippen molar-refractivity contribution in [3.8, 4) is 0 Å². The second-order valence-corrected chi connectivity index (χ2v) is 4.60. The van der Waals surface area contributed by atoms with Gasteiger partial charge in [0.2, 0.25) is 0 Å². The van der Waals surface area contributed by atoms with Crippen molar-refractivity contribution in [1.82, 2.24) is 15.0 Å². The monoisotopic (exact) mass is 280 g/mol. The van der Waals surface area contributed by atoms with Crippen LogP contribution in [0.25, 0.3) is 10.9 Å². The van der Waals surface area contributed by atoms with Crippen molar-refractivity contribution in [2.75, 3.05) is 17.3 Å². The van der Waals surface area contributed by atoms with Gasteiger partial charge in [0, 0.05) is 24.2 Å². The van der Waals surface area contributed by atoms with Crippen LogP contribution >= 0.6 is 0 Å². The van der Waals surface area contributed by atoms with Gasteiger partial charge in [-0.25, -0.2) is 15.8 Å². The number of benzene rings is 1. The smallest absolute Gasteiger partial charge is 0.145 e. The van der Waals surface area contributed by atoms with E-state index in [-0.39, 0.29) is 0 Å². The SMILES string of the molecule is NNc1cc(NCCc2cccc3cccnc23)ncn1. The minimum Gasteiger partial charge on any atom is -0.370 e. The molecule has 0 radical (unpaired) electrons. The number of anilines is 2. The van der Waals surface area contributed by atoms with E-state index in [4.69, 9.17) is 5.84 Å². The number of aromatic nitrogens is 3. The summed E-state index contributed by atoms with van der Waals surface area (Å²) < 4.78 is 0. The van der Waals surface area contributed by atoms with Gasteiger partial charge in [-0.05, 0) is 18.1 Å². The van der Waals surface area contributed by atoms with E-state index >= 15 is 0 Å². The highest BCUT2D eigenvalue weighted by atomic mass is 15.3. The molecule has 3 aromatic rings. The lowest BCUT2D eigenvalue weighted by atomic mass is 10.1. The molecule has 3 rings (SSSR count). The van der Waals surface area contributed by atoms with Crippen LogP contribution < -0.4 is 16.6 Å². The maximum absolute atomic E-state index is 5.32. The number of hydrogen-bond donors (Lipinski definition) is 3. The molecule has 106 valence electrons. The van der Waals surface area contributed by atoms with Crippen molar-refractivity contribution in [1.29, 1.82) is 0 Å². The van der Waals surface area contributed by atoms with Crippen molar-refractivity contribution in [3.63, 3.8) is 0 Å². The Bertz CT molecular complexity index is 738. The average molecular weight is 280 g/mol. The number of hydrazine groups is 1. The van der Waals surface area contributed by atoms with Crippen molar-refractivity contribution in [3.05, 3.63) is 54.5 Å². The molecule has 0 unspecified atom stereocenters. The zero-order valence-corrected chi connectivity index (χ0v) is 11.5. The van der Waals surface area contributed by atoms with Gasteiger partial charge in [0.05, 0.1) is 5.52 Å². The predicted octanol–water partition coefficient (Wildman–Crippen LogP) is 1.97. The van der Waals surface area contributed by atoms with Gasteiger partial charge < -0.3 is 10.7 Å². The normalized spacial score (nSPS) is 10.5. The lowest BCUT2D eigenvalue weighted by molar-refractivity contribution is 1.00. The number of fused-ring (bicyclic) bond motifs is 1. The molecule has 2 heterocycles. The van der Waals surface area contributed by atoms with E-state index in [9.17, 15) is 0 Å². The van der Waals surface area contributed by atoms with Crippen LogP contribution in [0.5, 0.6) is 0 Å².